The Hall–Kier alpha value is -2.14. The molecule has 4 nitrogen and oxygen atoms in total. The minimum atomic E-state index is 0.0637. The van der Waals surface area contributed by atoms with Gasteiger partial charge in [0, 0.05) is 11.4 Å². The van der Waals surface area contributed by atoms with Crippen LogP contribution in [0.4, 0.5) is 0 Å². The summed E-state index contributed by atoms with van der Waals surface area (Å²) in [5.41, 5.74) is 3.21. The Morgan fingerprint density at radius 2 is 1.88 bits per heavy atom. The Morgan fingerprint density at radius 3 is 2.62 bits per heavy atom. The third-order valence-corrected chi connectivity index (χ3v) is 6.41. The molecule has 0 spiro atoms. The number of hydrogen-bond acceptors (Lipinski definition) is 3. The smallest absolute Gasteiger partial charge is 0.261 e. The van der Waals surface area contributed by atoms with E-state index in [0.29, 0.717) is 6.04 Å². The van der Waals surface area contributed by atoms with Crippen molar-refractivity contribution in [2.75, 3.05) is 0 Å². The van der Waals surface area contributed by atoms with E-state index < -0.39 is 0 Å². The third-order valence-electron chi connectivity index (χ3n) is 5.30. The molecule has 1 aromatic carbocycles. The number of aromatic nitrogens is 2. The summed E-state index contributed by atoms with van der Waals surface area (Å²) < 4.78 is 1.98. The number of benzene rings is 1. The number of hydrogen-bond donors (Lipinski definition) is 1. The van der Waals surface area contributed by atoms with E-state index in [1.54, 1.807) is 0 Å². The van der Waals surface area contributed by atoms with Crippen molar-refractivity contribution in [2.45, 2.75) is 58.4 Å². The molecule has 2 heterocycles. The van der Waals surface area contributed by atoms with Crippen LogP contribution in [-0.2, 0) is 0 Å². The molecule has 1 N–H and O–H groups in total. The number of carbonyl (C=O) groups is 1. The number of amides is 1. The van der Waals surface area contributed by atoms with E-state index in [4.69, 9.17) is 5.10 Å². The van der Waals surface area contributed by atoms with E-state index in [1.165, 1.54) is 42.6 Å². The van der Waals surface area contributed by atoms with E-state index in [0.717, 1.165) is 39.3 Å². The number of nitrogens with zero attached hydrogens (tertiary/aromatic N) is 2. The second-order valence-corrected chi connectivity index (χ2v) is 8.31. The number of aryl methyl sites for hydroxylation is 2. The van der Waals surface area contributed by atoms with Crippen molar-refractivity contribution < 1.29 is 4.79 Å². The predicted molar refractivity (Wildman–Crippen MR) is 107 cm³/mol. The highest BCUT2D eigenvalue weighted by atomic mass is 32.1. The number of fused-ring (bicyclic) bond motifs is 1. The molecule has 1 aliphatic rings. The van der Waals surface area contributed by atoms with Crippen LogP contribution in [0.2, 0.25) is 0 Å². The monoisotopic (exact) mass is 367 g/mol. The van der Waals surface area contributed by atoms with Crippen molar-refractivity contribution >= 4 is 27.5 Å². The first-order chi connectivity index (χ1) is 12.6. The lowest BCUT2D eigenvalue weighted by molar-refractivity contribution is 0.0937. The molecule has 0 radical (unpaired) electrons. The van der Waals surface area contributed by atoms with Crippen LogP contribution in [0.1, 0.15) is 59.5 Å². The lowest BCUT2D eigenvalue weighted by atomic mass is 10.1. The molecule has 1 fully saturated rings. The Bertz CT molecular complexity index is 932. The van der Waals surface area contributed by atoms with Gasteiger partial charge in [-0.2, -0.15) is 5.10 Å². The molecule has 0 bridgehead atoms. The van der Waals surface area contributed by atoms with Crippen LogP contribution in [-0.4, -0.2) is 21.7 Å². The molecule has 0 saturated heterocycles. The van der Waals surface area contributed by atoms with Gasteiger partial charge in [0.05, 0.1) is 16.3 Å². The topological polar surface area (TPSA) is 46.9 Å². The number of rotatable bonds is 3. The Kier molecular flexibility index (Phi) is 4.81. The van der Waals surface area contributed by atoms with Crippen molar-refractivity contribution in [3.8, 4) is 5.69 Å². The normalized spacial score (nSPS) is 15.9. The number of carbonyl (C=O) groups excluding carboxylic acids is 1. The van der Waals surface area contributed by atoms with Gasteiger partial charge in [-0.05, 0) is 44.4 Å². The Labute approximate surface area is 158 Å². The van der Waals surface area contributed by atoms with Crippen LogP contribution in [0, 0.1) is 13.8 Å². The van der Waals surface area contributed by atoms with Gasteiger partial charge in [0.1, 0.15) is 4.83 Å². The molecule has 136 valence electrons. The molecule has 3 aromatic rings. The average molecular weight is 368 g/mol. The van der Waals surface area contributed by atoms with Crippen LogP contribution >= 0.6 is 11.3 Å². The average Bonchev–Trinajstić information content (AvgIpc) is 3.08. The molecule has 4 rings (SSSR count). The van der Waals surface area contributed by atoms with Gasteiger partial charge in [0.2, 0.25) is 0 Å². The van der Waals surface area contributed by atoms with Crippen molar-refractivity contribution in [1.29, 1.82) is 0 Å². The zero-order valence-electron chi connectivity index (χ0n) is 15.4. The summed E-state index contributed by atoms with van der Waals surface area (Å²) in [6.45, 7) is 4.10. The maximum absolute atomic E-state index is 12.8. The highest BCUT2D eigenvalue weighted by molar-refractivity contribution is 7.20. The predicted octanol–water partition coefficient (Wildman–Crippen LogP) is 5.16. The molecule has 1 amide bonds. The molecule has 1 aliphatic carbocycles. The van der Waals surface area contributed by atoms with Gasteiger partial charge < -0.3 is 5.32 Å². The molecule has 0 unspecified atom stereocenters. The summed E-state index contributed by atoms with van der Waals surface area (Å²) in [7, 11) is 0. The zero-order chi connectivity index (χ0) is 18.1. The lowest BCUT2D eigenvalue weighted by Crippen LogP contribution is -2.33. The summed E-state index contributed by atoms with van der Waals surface area (Å²) >= 11 is 1.54. The van der Waals surface area contributed by atoms with Crippen LogP contribution < -0.4 is 5.32 Å². The maximum atomic E-state index is 12.8. The highest BCUT2D eigenvalue weighted by Gasteiger charge is 2.20. The van der Waals surface area contributed by atoms with Crippen molar-refractivity contribution in [2.24, 2.45) is 0 Å². The largest absolute Gasteiger partial charge is 0.349 e. The summed E-state index contributed by atoms with van der Waals surface area (Å²) in [5, 5.41) is 9.04. The molecule has 1 saturated carbocycles. The summed E-state index contributed by atoms with van der Waals surface area (Å²) in [5.74, 6) is 0.0637. The Morgan fingerprint density at radius 1 is 1.15 bits per heavy atom. The van der Waals surface area contributed by atoms with E-state index in [-0.39, 0.29) is 5.91 Å². The minimum absolute atomic E-state index is 0.0637. The molecular formula is C21H25N3OS. The molecule has 0 atom stereocenters. The lowest BCUT2D eigenvalue weighted by Gasteiger charge is -2.15. The molecule has 0 aliphatic heterocycles. The first-order valence-corrected chi connectivity index (χ1v) is 10.3. The fourth-order valence-corrected chi connectivity index (χ4v) is 4.88. The van der Waals surface area contributed by atoms with Crippen molar-refractivity contribution in [1.82, 2.24) is 15.1 Å². The van der Waals surface area contributed by atoms with Gasteiger partial charge >= 0.3 is 0 Å². The summed E-state index contributed by atoms with van der Waals surface area (Å²) in [4.78, 5) is 14.6. The first kappa shape index (κ1) is 17.3. The minimum Gasteiger partial charge on any atom is -0.349 e. The molecule has 2 aromatic heterocycles. The van der Waals surface area contributed by atoms with E-state index >= 15 is 0 Å². The van der Waals surface area contributed by atoms with Crippen LogP contribution in [0.3, 0.4) is 0 Å². The van der Waals surface area contributed by atoms with Crippen LogP contribution in [0.25, 0.3) is 15.9 Å². The van der Waals surface area contributed by atoms with Gasteiger partial charge in [0.15, 0.2) is 0 Å². The van der Waals surface area contributed by atoms with Gasteiger partial charge in [-0.15, -0.1) is 11.3 Å². The fourth-order valence-electron chi connectivity index (χ4n) is 3.80. The Balaban J connectivity index is 1.64. The van der Waals surface area contributed by atoms with Crippen LogP contribution in [0.15, 0.2) is 30.3 Å². The van der Waals surface area contributed by atoms with Crippen molar-refractivity contribution in [3.05, 3.63) is 46.5 Å². The molecule has 5 heteroatoms. The SMILES string of the molecule is Cc1ccccc1-n1nc(C)c2cc(C(=O)NC3CCCCCC3)sc21. The number of thiophene rings is 1. The zero-order valence-corrected chi connectivity index (χ0v) is 16.2. The maximum Gasteiger partial charge on any atom is 0.261 e. The van der Waals surface area contributed by atoms with Gasteiger partial charge in [-0.1, -0.05) is 43.9 Å². The van der Waals surface area contributed by atoms with E-state index in [1.807, 2.05) is 29.8 Å². The van der Waals surface area contributed by atoms with Crippen molar-refractivity contribution in [3.63, 3.8) is 0 Å². The second kappa shape index (κ2) is 7.23. The van der Waals surface area contributed by atoms with Crippen LogP contribution in [0.5, 0.6) is 0 Å². The summed E-state index contributed by atoms with van der Waals surface area (Å²) in [6.07, 6.45) is 7.23. The second-order valence-electron chi connectivity index (χ2n) is 7.28. The highest BCUT2D eigenvalue weighted by Crippen LogP contribution is 2.31. The number of nitrogens with one attached hydrogen (secondary N) is 1. The fraction of sp³-hybridized carbons (Fsp3) is 0.429. The van der Waals surface area contributed by atoms with E-state index in [2.05, 4.69) is 24.4 Å². The number of para-hydroxylation sites is 1. The molecular weight excluding hydrogens is 342 g/mol. The quantitative estimate of drug-likeness (QED) is 0.650. The van der Waals surface area contributed by atoms with E-state index in [9.17, 15) is 4.79 Å². The van der Waals surface area contributed by atoms with Gasteiger partial charge in [-0.25, -0.2) is 4.68 Å². The van der Waals surface area contributed by atoms with Gasteiger partial charge in [0.25, 0.3) is 5.91 Å². The summed E-state index contributed by atoms with van der Waals surface area (Å²) in [6, 6.07) is 10.6. The first-order valence-electron chi connectivity index (χ1n) is 9.49. The van der Waals surface area contributed by atoms with Gasteiger partial charge in [-0.3, -0.25) is 4.79 Å². The molecule has 26 heavy (non-hydrogen) atoms. The third kappa shape index (κ3) is 3.28. The standard InChI is InChI=1S/C21H25N3OS/c1-14-9-7-8-12-18(14)24-21-17(15(2)23-24)13-19(26-21)20(25)22-16-10-5-3-4-6-11-16/h7-9,12-13,16H,3-6,10-11H2,1-2H3,(H,22,25).